The lowest BCUT2D eigenvalue weighted by molar-refractivity contribution is 0.515. The molecule has 0 aliphatic rings. The van der Waals surface area contributed by atoms with Gasteiger partial charge in [-0.05, 0) is 40.5 Å². The summed E-state index contributed by atoms with van der Waals surface area (Å²) in [6, 6.07) is 48.4. The van der Waals surface area contributed by atoms with E-state index in [0.29, 0.717) is 11.7 Å². The van der Waals surface area contributed by atoms with Gasteiger partial charge in [-0.25, -0.2) is 9.97 Å². The van der Waals surface area contributed by atoms with Crippen molar-refractivity contribution in [1.29, 1.82) is 0 Å². The van der Waals surface area contributed by atoms with E-state index in [2.05, 4.69) is 142 Å². The molecule has 7 aromatic rings. The Balaban J connectivity index is 1.47. The van der Waals surface area contributed by atoms with E-state index < -0.39 is 5.54 Å². The average molecular weight is 551 g/mol. The molecule has 0 bridgehead atoms. The number of halogens is 1. The lowest BCUT2D eigenvalue weighted by Crippen LogP contribution is -2.36. The molecule has 3 heterocycles. The zero-order valence-electron chi connectivity index (χ0n) is 22.3. The van der Waals surface area contributed by atoms with Gasteiger partial charge in [-0.2, -0.15) is 0 Å². The number of imidazole rings is 1. The van der Waals surface area contributed by atoms with Crippen molar-refractivity contribution in [2.75, 3.05) is 0 Å². The highest BCUT2D eigenvalue weighted by Gasteiger charge is 2.38. The molecule has 0 unspecified atom stereocenters. The van der Waals surface area contributed by atoms with Gasteiger partial charge < -0.3 is 9.13 Å². The summed E-state index contributed by atoms with van der Waals surface area (Å²) >= 11 is 6.31. The maximum absolute atomic E-state index is 6.31. The molecule has 0 spiro atoms. The molecule has 0 atom stereocenters. The molecule has 41 heavy (non-hydrogen) atoms. The normalized spacial score (nSPS) is 11.6. The van der Waals surface area contributed by atoms with Gasteiger partial charge in [0.15, 0.2) is 0 Å². The van der Waals surface area contributed by atoms with E-state index in [1.54, 1.807) is 0 Å². The third kappa shape index (κ3) is 4.43. The Hall–Kier alpha value is -4.93. The van der Waals surface area contributed by atoms with Crippen LogP contribution in [0.1, 0.15) is 22.3 Å². The summed E-state index contributed by atoms with van der Waals surface area (Å²) in [5, 5.41) is 0.475. The first-order valence-electron chi connectivity index (χ1n) is 13.6. The minimum absolute atomic E-state index is 0.475. The van der Waals surface area contributed by atoms with Gasteiger partial charge >= 0.3 is 0 Å². The fraction of sp³-hybridized carbons (Fsp3) is 0.0556. The van der Waals surface area contributed by atoms with Crippen LogP contribution >= 0.6 is 11.6 Å². The van der Waals surface area contributed by atoms with E-state index in [9.17, 15) is 0 Å². The third-order valence-corrected chi connectivity index (χ3v) is 7.92. The van der Waals surface area contributed by atoms with E-state index in [1.807, 2.05) is 24.5 Å². The predicted molar refractivity (Wildman–Crippen MR) is 166 cm³/mol. The van der Waals surface area contributed by atoms with Gasteiger partial charge in [0, 0.05) is 12.7 Å². The third-order valence-electron chi connectivity index (χ3n) is 7.71. The van der Waals surface area contributed by atoms with Gasteiger partial charge in [0.2, 0.25) is 0 Å². The van der Waals surface area contributed by atoms with E-state index in [1.165, 1.54) is 5.56 Å². The second-order valence-electron chi connectivity index (χ2n) is 10.1. The maximum Gasteiger partial charge on any atom is 0.129 e. The Labute approximate surface area is 244 Å². The number of aromatic nitrogens is 4. The van der Waals surface area contributed by atoms with Crippen molar-refractivity contribution < 1.29 is 0 Å². The van der Waals surface area contributed by atoms with Crippen LogP contribution in [0, 0.1) is 0 Å². The van der Waals surface area contributed by atoms with Crippen molar-refractivity contribution >= 4 is 22.6 Å². The molecule has 0 amide bonds. The molecule has 4 aromatic carbocycles. The summed E-state index contributed by atoms with van der Waals surface area (Å²) in [4.78, 5) is 9.66. The molecule has 0 saturated carbocycles. The highest BCUT2D eigenvalue weighted by molar-refractivity contribution is 6.29. The van der Waals surface area contributed by atoms with Crippen molar-refractivity contribution in [1.82, 2.24) is 19.1 Å². The molecular formula is C36H27ClN4. The second-order valence-corrected chi connectivity index (χ2v) is 10.5. The van der Waals surface area contributed by atoms with Crippen LogP contribution < -0.4 is 0 Å². The number of fused-ring (bicyclic) bond motifs is 1. The minimum atomic E-state index is -0.632. The Bertz CT molecular complexity index is 1810. The van der Waals surface area contributed by atoms with Crippen LogP contribution in [0.15, 0.2) is 152 Å². The summed E-state index contributed by atoms with van der Waals surface area (Å²) in [7, 11) is 0. The number of hydrogen-bond donors (Lipinski definition) is 0. The van der Waals surface area contributed by atoms with Crippen LogP contribution in [0.4, 0.5) is 0 Å². The highest BCUT2D eigenvalue weighted by Crippen LogP contribution is 2.41. The number of rotatable bonds is 7. The van der Waals surface area contributed by atoms with Gasteiger partial charge in [0.1, 0.15) is 16.4 Å². The smallest absolute Gasteiger partial charge is 0.129 e. The van der Waals surface area contributed by atoms with Crippen molar-refractivity contribution in [3.63, 3.8) is 0 Å². The van der Waals surface area contributed by atoms with Crippen LogP contribution in [-0.2, 0) is 12.1 Å². The summed E-state index contributed by atoms with van der Waals surface area (Å²) < 4.78 is 4.52. The topological polar surface area (TPSA) is 35.6 Å². The van der Waals surface area contributed by atoms with Crippen LogP contribution in [0.2, 0.25) is 5.15 Å². The fourth-order valence-electron chi connectivity index (χ4n) is 5.89. The van der Waals surface area contributed by atoms with E-state index in [4.69, 9.17) is 16.6 Å². The zero-order chi connectivity index (χ0) is 27.6. The predicted octanol–water partition coefficient (Wildman–Crippen LogP) is 8.44. The summed E-state index contributed by atoms with van der Waals surface area (Å²) in [5.41, 5.74) is 7.74. The standard InChI is InChI=1S/C36H27ClN4/c37-35-22-21-33-31(39-35)23-34(41(33)24-27-13-5-1-6-14-27)32-25-40(26-38-32)36(28-15-7-2-8-16-28,29-17-9-3-10-18-29)30-19-11-4-12-20-30/h1-23,25-26H,24H2. The molecular weight excluding hydrogens is 524 g/mol. The molecule has 4 nitrogen and oxygen atoms in total. The van der Waals surface area contributed by atoms with Gasteiger partial charge in [0.05, 0.1) is 23.1 Å². The fourth-order valence-corrected chi connectivity index (χ4v) is 6.04. The van der Waals surface area contributed by atoms with E-state index in [0.717, 1.165) is 39.1 Å². The van der Waals surface area contributed by atoms with Gasteiger partial charge in [0.25, 0.3) is 0 Å². The number of hydrogen-bond acceptors (Lipinski definition) is 2. The van der Waals surface area contributed by atoms with Gasteiger partial charge in [-0.1, -0.05) is 133 Å². The highest BCUT2D eigenvalue weighted by atomic mass is 35.5. The first-order chi connectivity index (χ1) is 20.2. The number of nitrogens with zero attached hydrogens (tertiary/aromatic N) is 4. The second kappa shape index (κ2) is 10.6. The Kier molecular flexibility index (Phi) is 6.46. The van der Waals surface area contributed by atoms with E-state index in [-0.39, 0.29) is 0 Å². The maximum atomic E-state index is 6.31. The summed E-state index contributed by atoms with van der Waals surface area (Å²) in [6.07, 6.45) is 4.11. The molecule has 198 valence electrons. The van der Waals surface area contributed by atoms with Crippen LogP contribution in [0.3, 0.4) is 0 Å². The van der Waals surface area contributed by atoms with Crippen molar-refractivity contribution in [2.45, 2.75) is 12.1 Å². The molecule has 5 heteroatoms. The number of pyridine rings is 1. The first-order valence-corrected chi connectivity index (χ1v) is 14.0. The molecule has 0 radical (unpaired) electrons. The lowest BCUT2D eigenvalue weighted by Gasteiger charge is -2.37. The Morgan fingerprint density at radius 3 is 1.73 bits per heavy atom. The van der Waals surface area contributed by atoms with Crippen molar-refractivity contribution in [3.05, 3.63) is 179 Å². The molecule has 0 aliphatic carbocycles. The molecule has 7 rings (SSSR count). The largest absolute Gasteiger partial charge is 0.333 e. The lowest BCUT2D eigenvalue weighted by atomic mass is 9.77. The van der Waals surface area contributed by atoms with E-state index >= 15 is 0 Å². The van der Waals surface area contributed by atoms with Crippen molar-refractivity contribution in [3.8, 4) is 11.4 Å². The zero-order valence-corrected chi connectivity index (χ0v) is 23.1. The van der Waals surface area contributed by atoms with Gasteiger partial charge in [-0.15, -0.1) is 0 Å². The Morgan fingerprint density at radius 2 is 1.17 bits per heavy atom. The number of benzene rings is 4. The first kappa shape index (κ1) is 25.1. The quantitative estimate of drug-likeness (QED) is 0.147. The molecule has 0 N–H and O–H groups in total. The average Bonchev–Trinajstić information content (AvgIpc) is 3.65. The molecule has 3 aromatic heterocycles. The molecule has 0 saturated heterocycles. The van der Waals surface area contributed by atoms with Gasteiger partial charge in [-0.3, -0.25) is 0 Å². The Morgan fingerprint density at radius 1 is 0.634 bits per heavy atom. The van der Waals surface area contributed by atoms with Crippen LogP contribution in [0.5, 0.6) is 0 Å². The minimum Gasteiger partial charge on any atom is -0.333 e. The summed E-state index contributed by atoms with van der Waals surface area (Å²) in [5.74, 6) is 0. The van der Waals surface area contributed by atoms with Crippen LogP contribution in [-0.4, -0.2) is 19.1 Å². The van der Waals surface area contributed by atoms with Crippen LogP contribution in [0.25, 0.3) is 22.4 Å². The molecule has 0 fully saturated rings. The summed E-state index contributed by atoms with van der Waals surface area (Å²) in [6.45, 7) is 0.692. The monoisotopic (exact) mass is 550 g/mol. The molecule has 0 aliphatic heterocycles. The SMILES string of the molecule is Clc1ccc2c(cc(-c3cn(C(c4ccccc4)(c4ccccc4)c4ccccc4)cn3)n2Cc2ccccc2)n1. The van der Waals surface area contributed by atoms with Crippen molar-refractivity contribution in [2.24, 2.45) is 0 Å².